The van der Waals surface area contributed by atoms with Gasteiger partial charge in [-0.05, 0) is 38.3 Å². The van der Waals surface area contributed by atoms with E-state index in [0.717, 1.165) is 43.5 Å². The molecular formula is C23H24N4O2S2. The lowest BCUT2D eigenvalue weighted by Crippen LogP contribution is -2.26. The largest absolute Gasteiger partial charge is 0.356 e. The van der Waals surface area contributed by atoms with Gasteiger partial charge in [0.1, 0.15) is 10.7 Å². The zero-order valence-electron chi connectivity index (χ0n) is 17.7. The number of nitrogens with one attached hydrogen (secondary N) is 2. The maximum absolute atomic E-state index is 12.3. The molecule has 160 valence electrons. The van der Waals surface area contributed by atoms with E-state index in [1.54, 1.807) is 11.3 Å². The molecule has 0 radical (unpaired) electrons. The third-order valence-electron chi connectivity index (χ3n) is 5.28. The van der Waals surface area contributed by atoms with Crippen LogP contribution in [0.4, 0.5) is 0 Å². The van der Waals surface area contributed by atoms with Gasteiger partial charge in [0.2, 0.25) is 5.91 Å². The van der Waals surface area contributed by atoms with E-state index in [1.807, 2.05) is 20.8 Å². The molecule has 3 aromatic heterocycles. The second-order valence-corrected chi connectivity index (χ2v) is 9.79. The molecule has 0 fully saturated rings. The summed E-state index contributed by atoms with van der Waals surface area (Å²) in [4.78, 5) is 38.2. The molecule has 2 N–H and O–H groups in total. The molecule has 4 rings (SSSR count). The SMILES string of the molecule is Cc1nc(-c2ccc(CCNC(=O)CCc3nc4sc(C)c(C)c4c(=O)[nH]3)cc2)cs1. The fraction of sp³-hybridized carbons (Fsp3) is 0.304. The molecule has 0 atom stereocenters. The molecule has 0 aliphatic heterocycles. The van der Waals surface area contributed by atoms with Gasteiger partial charge in [-0.25, -0.2) is 9.97 Å². The molecule has 0 spiro atoms. The zero-order chi connectivity index (χ0) is 22.0. The number of rotatable bonds is 7. The smallest absolute Gasteiger partial charge is 0.259 e. The number of thiophene rings is 1. The molecule has 0 aliphatic carbocycles. The van der Waals surface area contributed by atoms with Gasteiger partial charge in [-0.1, -0.05) is 24.3 Å². The average Bonchev–Trinajstić information content (AvgIpc) is 3.30. The number of hydrogen-bond donors (Lipinski definition) is 2. The Bertz CT molecular complexity index is 1290. The zero-order valence-corrected chi connectivity index (χ0v) is 19.4. The molecule has 0 bridgehead atoms. The molecular weight excluding hydrogens is 428 g/mol. The lowest BCUT2D eigenvalue weighted by molar-refractivity contribution is -0.121. The summed E-state index contributed by atoms with van der Waals surface area (Å²) in [6.45, 7) is 6.50. The van der Waals surface area contributed by atoms with Gasteiger partial charge < -0.3 is 10.3 Å². The fourth-order valence-electron chi connectivity index (χ4n) is 3.42. The standard InChI is InChI=1S/C23H24N4O2S2/c1-13-14(2)31-23-21(13)22(29)26-19(27-23)8-9-20(28)24-11-10-16-4-6-17(7-5-16)18-12-30-15(3)25-18/h4-7,12H,8-11H2,1-3H3,(H,24,28)(H,26,27,29). The van der Waals surface area contributed by atoms with Crippen LogP contribution < -0.4 is 10.9 Å². The normalized spacial score (nSPS) is 11.2. The van der Waals surface area contributed by atoms with Crippen molar-refractivity contribution in [1.82, 2.24) is 20.3 Å². The highest BCUT2D eigenvalue weighted by molar-refractivity contribution is 7.18. The molecule has 0 saturated heterocycles. The van der Waals surface area contributed by atoms with E-state index in [0.29, 0.717) is 30.6 Å². The van der Waals surface area contributed by atoms with Crippen LogP contribution in [-0.2, 0) is 17.6 Å². The van der Waals surface area contributed by atoms with Crippen LogP contribution in [0.15, 0.2) is 34.4 Å². The monoisotopic (exact) mass is 452 g/mol. The molecule has 0 unspecified atom stereocenters. The Balaban J connectivity index is 1.27. The number of nitrogens with zero attached hydrogens (tertiary/aromatic N) is 2. The number of amides is 1. The van der Waals surface area contributed by atoms with Gasteiger partial charge in [-0.15, -0.1) is 22.7 Å². The van der Waals surface area contributed by atoms with E-state index in [4.69, 9.17) is 0 Å². The molecule has 0 aliphatic rings. The van der Waals surface area contributed by atoms with E-state index in [9.17, 15) is 9.59 Å². The number of aromatic amines is 1. The average molecular weight is 453 g/mol. The Hall–Kier alpha value is -2.84. The summed E-state index contributed by atoms with van der Waals surface area (Å²) in [5.41, 5.74) is 4.12. The Morgan fingerprint density at radius 3 is 2.58 bits per heavy atom. The highest BCUT2D eigenvalue weighted by Gasteiger charge is 2.12. The first-order valence-electron chi connectivity index (χ1n) is 10.2. The van der Waals surface area contributed by atoms with Gasteiger partial charge in [-0.3, -0.25) is 9.59 Å². The Kier molecular flexibility index (Phi) is 6.29. The molecule has 8 heteroatoms. The Morgan fingerprint density at radius 2 is 1.87 bits per heavy atom. The lowest BCUT2D eigenvalue weighted by atomic mass is 10.1. The second-order valence-electron chi connectivity index (χ2n) is 7.52. The van der Waals surface area contributed by atoms with Crippen molar-refractivity contribution in [2.45, 2.75) is 40.0 Å². The summed E-state index contributed by atoms with van der Waals surface area (Å²) in [5, 5.41) is 6.73. The molecule has 6 nitrogen and oxygen atoms in total. The van der Waals surface area contributed by atoms with Crippen molar-refractivity contribution in [3.63, 3.8) is 0 Å². The van der Waals surface area contributed by atoms with Crippen molar-refractivity contribution in [3.05, 3.63) is 66.8 Å². The number of thiazole rings is 1. The number of carbonyl (C=O) groups excluding carboxylic acids is 1. The van der Waals surface area contributed by atoms with Crippen molar-refractivity contribution >= 4 is 38.8 Å². The number of fused-ring (bicyclic) bond motifs is 1. The number of benzene rings is 1. The Labute approximate surface area is 188 Å². The van der Waals surface area contributed by atoms with E-state index >= 15 is 0 Å². The van der Waals surface area contributed by atoms with Gasteiger partial charge in [0.15, 0.2) is 0 Å². The van der Waals surface area contributed by atoms with Crippen molar-refractivity contribution in [3.8, 4) is 11.3 Å². The van der Waals surface area contributed by atoms with E-state index < -0.39 is 0 Å². The third-order valence-corrected chi connectivity index (χ3v) is 7.16. The highest BCUT2D eigenvalue weighted by Crippen LogP contribution is 2.25. The number of H-pyrrole nitrogens is 1. The van der Waals surface area contributed by atoms with Crippen LogP contribution in [-0.4, -0.2) is 27.4 Å². The number of hydrogen-bond acceptors (Lipinski definition) is 6. The van der Waals surface area contributed by atoms with Crippen molar-refractivity contribution < 1.29 is 4.79 Å². The number of carbonyl (C=O) groups is 1. The minimum absolute atomic E-state index is 0.0455. The highest BCUT2D eigenvalue weighted by atomic mass is 32.1. The number of aromatic nitrogens is 3. The molecule has 31 heavy (non-hydrogen) atoms. The van der Waals surface area contributed by atoms with Crippen LogP contribution in [0.25, 0.3) is 21.5 Å². The first-order valence-corrected chi connectivity index (χ1v) is 11.9. The molecule has 4 aromatic rings. The second kappa shape index (κ2) is 9.11. The molecule has 1 amide bonds. The maximum atomic E-state index is 12.3. The summed E-state index contributed by atoms with van der Waals surface area (Å²) < 4.78 is 0. The molecule has 1 aromatic carbocycles. The predicted octanol–water partition coefficient (Wildman–Crippen LogP) is 4.32. The topological polar surface area (TPSA) is 87.7 Å². The van der Waals surface area contributed by atoms with Crippen LogP contribution in [0, 0.1) is 20.8 Å². The van der Waals surface area contributed by atoms with E-state index in [2.05, 4.69) is 49.9 Å². The van der Waals surface area contributed by atoms with Gasteiger partial charge in [-0.2, -0.15) is 0 Å². The maximum Gasteiger partial charge on any atom is 0.259 e. The van der Waals surface area contributed by atoms with E-state index in [-0.39, 0.29) is 11.5 Å². The minimum atomic E-state index is -0.126. The van der Waals surface area contributed by atoms with Crippen LogP contribution in [0.5, 0.6) is 0 Å². The van der Waals surface area contributed by atoms with Crippen molar-refractivity contribution in [2.24, 2.45) is 0 Å². The quantitative estimate of drug-likeness (QED) is 0.437. The molecule has 0 saturated carbocycles. The van der Waals surface area contributed by atoms with Gasteiger partial charge in [0, 0.05) is 35.2 Å². The lowest BCUT2D eigenvalue weighted by Gasteiger charge is -2.06. The number of aryl methyl sites for hydroxylation is 4. The Morgan fingerprint density at radius 1 is 1.10 bits per heavy atom. The summed E-state index contributed by atoms with van der Waals surface area (Å²) in [5.74, 6) is 0.512. The molecule has 3 heterocycles. The fourth-order valence-corrected chi connectivity index (χ4v) is 5.09. The summed E-state index contributed by atoms with van der Waals surface area (Å²) >= 11 is 3.16. The van der Waals surface area contributed by atoms with Gasteiger partial charge >= 0.3 is 0 Å². The van der Waals surface area contributed by atoms with Crippen LogP contribution in [0.1, 0.15) is 33.3 Å². The van der Waals surface area contributed by atoms with E-state index in [1.165, 1.54) is 11.3 Å². The summed E-state index contributed by atoms with van der Waals surface area (Å²) in [6.07, 6.45) is 1.46. The summed E-state index contributed by atoms with van der Waals surface area (Å²) in [7, 11) is 0. The van der Waals surface area contributed by atoms with Gasteiger partial charge in [0.05, 0.1) is 16.1 Å². The minimum Gasteiger partial charge on any atom is -0.356 e. The first-order chi connectivity index (χ1) is 14.9. The van der Waals surface area contributed by atoms with Crippen molar-refractivity contribution in [1.29, 1.82) is 0 Å². The summed E-state index contributed by atoms with van der Waals surface area (Å²) in [6, 6.07) is 8.28. The third kappa shape index (κ3) is 4.91. The van der Waals surface area contributed by atoms with Crippen molar-refractivity contribution in [2.75, 3.05) is 6.54 Å². The predicted molar refractivity (Wildman–Crippen MR) is 127 cm³/mol. The van der Waals surface area contributed by atoms with Crippen LogP contribution in [0.2, 0.25) is 0 Å². The van der Waals surface area contributed by atoms with Gasteiger partial charge in [0.25, 0.3) is 5.56 Å². The first kappa shape index (κ1) is 21.4. The van der Waals surface area contributed by atoms with Crippen LogP contribution >= 0.6 is 22.7 Å². The van der Waals surface area contributed by atoms with Crippen LogP contribution in [0.3, 0.4) is 0 Å².